The van der Waals surface area contributed by atoms with Crippen molar-refractivity contribution < 1.29 is 18.8 Å². The van der Waals surface area contributed by atoms with Crippen LogP contribution in [0.5, 0.6) is 0 Å². The largest absolute Gasteiger partial charge is 0.407 e. The number of carbonyl (C=O) groups is 1. The molecule has 4 atom stereocenters. The van der Waals surface area contributed by atoms with Gasteiger partial charge in [-0.25, -0.2) is 0 Å². The van der Waals surface area contributed by atoms with Crippen LogP contribution >= 0.6 is 0 Å². The highest BCUT2D eigenvalue weighted by molar-refractivity contribution is 6.99. The molecule has 2 rings (SSSR count). The molecule has 4 nitrogen and oxygen atoms in total. The molecule has 0 spiro atoms. The van der Waals surface area contributed by atoms with Crippen LogP contribution in [-0.4, -0.2) is 46.3 Å². The summed E-state index contributed by atoms with van der Waals surface area (Å²) >= 11 is 0. The van der Waals surface area contributed by atoms with Gasteiger partial charge in [0.1, 0.15) is 6.10 Å². The summed E-state index contributed by atoms with van der Waals surface area (Å²) in [5.74, 6) is -0.812. The Morgan fingerprint density at radius 1 is 0.811 bits per heavy atom. The zero-order valence-corrected chi connectivity index (χ0v) is 27.0. The average Bonchev–Trinajstić information content (AvgIpc) is 2.82. The lowest BCUT2D eigenvalue weighted by atomic mass is 9.89. The topological polar surface area (TPSA) is 55.8 Å². The van der Waals surface area contributed by atoms with E-state index in [9.17, 15) is 9.90 Å². The quantitative estimate of drug-likeness (QED) is 0.345. The molecule has 0 saturated carbocycles. The molecule has 37 heavy (non-hydrogen) atoms. The Hall–Kier alpha value is -1.58. The summed E-state index contributed by atoms with van der Waals surface area (Å²) in [6, 6.07) is 21.0. The number of aliphatic hydroxyl groups is 1. The van der Waals surface area contributed by atoms with Crippen LogP contribution in [0.4, 0.5) is 0 Å². The smallest absolute Gasteiger partial charge is 0.261 e. The van der Waals surface area contributed by atoms with Gasteiger partial charge in [-0.05, 0) is 40.5 Å². The molecule has 0 aliphatic rings. The summed E-state index contributed by atoms with van der Waals surface area (Å²) in [6.45, 7) is 23.5. The van der Waals surface area contributed by atoms with Gasteiger partial charge in [0.25, 0.3) is 8.32 Å². The predicted molar refractivity (Wildman–Crippen MR) is 161 cm³/mol. The molecule has 0 aromatic heterocycles. The maximum Gasteiger partial charge on any atom is 0.261 e. The number of rotatable bonds is 11. The second-order valence-corrected chi connectivity index (χ2v) is 22.2. The van der Waals surface area contributed by atoms with Gasteiger partial charge in [-0.2, -0.15) is 0 Å². The normalized spacial score (nSPS) is 16.6. The van der Waals surface area contributed by atoms with E-state index in [1.165, 1.54) is 10.4 Å². The van der Waals surface area contributed by atoms with Gasteiger partial charge < -0.3 is 14.0 Å². The van der Waals surface area contributed by atoms with Crippen LogP contribution in [0.25, 0.3) is 0 Å². The summed E-state index contributed by atoms with van der Waals surface area (Å²) in [7, 11) is -4.81. The van der Waals surface area contributed by atoms with Crippen molar-refractivity contribution in [3.63, 3.8) is 0 Å². The standard InChI is InChI=1S/C31H50O4Si2/c1-23(28(32)24(2)29(33)25(3)35-36(10,11)30(4,5)6)22-34-37(31(7,8)9,26-18-14-12-15-19-26)27-20-16-13-17-21-27/h12-21,23-25,28,32H,22H2,1-11H3/t23-,24-,25+,28+/m1/s1. The molecule has 0 unspecified atom stereocenters. The Kier molecular flexibility index (Phi) is 10.3. The minimum absolute atomic E-state index is 0.0142. The van der Waals surface area contributed by atoms with Gasteiger partial charge in [-0.1, -0.05) is 116 Å². The second kappa shape index (κ2) is 12.1. The minimum atomic E-state index is -2.71. The van der Waals surface area contributed by atoms with E-state index in [1.54, 1.807) is 0 Å². The third-order valence-electron chi connectivity index (χ3n) is 8.20. The molecule has 0 fully saturated rings. The first kappa shape index (κ1) is 31.6. The minimum Gasteiger partial charge on any atom is -0.407 e. The van der Waals surface area contributed by atoms with Gasteiger partial charge in [0.15, 0.2) is 14.1 Å². The van der Waals surface area contributed by atoms with Crippen molar-refractivity contribution in [1.82, 2.24) is 0 Å². The maximum absolute atomic E-state index is 13.3. The summed E-state index contributed by atoms with van der Waals surface area (Å²) in [4.78, 5) is 13.3. The Labute approximate surface area is 228 Å². The van der Waals surface area contributed by atoms with E-state index in [4.69, 9.17) is 8.85 Å². The van der Waals surface area contributed by atoms with E-state index in [2.05, 4.69) is 103 Å². The molecular weight excluding hydrogens is 493 g/mol. The highest BCUT2D eigenvalue weighted by Gasteiger charge is 2.50. The Morgan fingerprint density at radius 3 is 1.62 bits per heavy atom. The van der Waals surface area contributed by atoms with Crippen LogP contribution in [0.2, 0.25) is 23.2 Å². The third-order valence-corrected chi connectivity index (χ3v) is 17.8. The molecule has 2 aromatic rings. The number of aliphatic hydroxyl groups excluding tert-OH is 1. The van der Waals surface area contributed by atoms with E-state index in [0.717, 1.165) is 0 Å². The van der Waals surface area contributed by atoms with Crippen molar-refractivity contribution >= 4 is 32.8 Å². The van der Waals surface area contributed by atoms with Gasteiger partial charge in [0.2, 0.25) is 0 Å². The number of benzene rings is 2. The lowest BCUT2D eigenvalue weighted by Gasteiger charge is -2.44. The highest BCUT2D eigenvalue weighted by atomic mass is 28.4. The van der Waals surface area contributed by atoms with Crippen LogP contribution in [0.15, 0.2) is 60.7 Å². The van der Waals surface area contributed by atoms with E-state index in [0.29, 0.717) is 6.61 Å². The fourth-order valence-corrected chi connectivity index (χ4v) is 10.8. The Morgan fingerprint density at radius 2 is 1.24 bits per heavy atom. The molecule has 0 bridgehead atoms. The molecule has 0 aliphatic carbocycles. The zero-order valence-electron chi connectivity index (χ0n) is 25.0. The zero-order chi connectivity index (χ0) is 28.2. The van der Waals surface area contributed by atoms with Gasteiger partial charge in [-0.3, -0.25) is 4.79 Å². The lowest BCUT2D eigenvalue weighted by Crippen LogP contribution is -2.67. The van der Waals surface area contributed by atoms with Crippen molar-refractivity contribution in [2.45, 2.75) is 97.7 Å². The highest BCUT2D eigenvalue weighted by Crippen LogP contribution is 2.39. The fraction of sp³-hybridized carbons (Fsp3) is 0.581. The number of ketones is 1. The van der Waals surface area contributed by atoms with Gasteiger partial charge in [-0.15, -0.1) is 0 Å². The lowest BCUT2D eigenvalue weighted by molar-refractivity contribution is -0.134. The average molecular weight is 543 g/mol. The molecule has 0 heterocycles. The Bertz CT molecular complexity index is 954. The number of carbonyl (C=O) groups excluding carboxylic acids is 1. The van der Waals surface area contributed by atoms with Gasteiger partial charge in [0, 0.05) is 18.4 Å². The molecule has 0 saturated heterocycles. The van der Waals surface area contributed by atoms with Gasteiger partial charge >= 0.3 is 0 Å². The molecule has 206 valence electrons. The monoisotopic (exact) mass is 542 g/mol. The van der Waals surface area contributed by atoms with Crippen LogP contribution < -0.4 is 10.4 Å². The maximum atomic E-state index is 13.3. The van der Waals surface area contributed by atoms with E-state index < -0.39 is 34.8 Å². The summed E-state index contributed by atoms with van der Waals surface area (Å²) in [5.41, 5.74) is 0. The molecular formula is C31H50O4Si2. The number of hydrogen-bond acceptors (Lipinski definition) is 4. The van der Waals surface area contributed by atoms with Crippen molar-refractivity contribution in [1.29, 1.82) is 0 Å². The fourth-order valence-electron chi connectivity index (χ4n) is 4.82. The second-order valence-electron chi connectivity index (χ2n) is 13.2. The Balaban J connectivity index is 2.28. The first-order chi connectivity index (χ1) is 17.0. The van der Waals surface area contributed by atoms with Crippen molar-refractivity contribution in [3.05, 3.63) is 60.7 Å². The molecule has 2 aromatic carbocycles. The first-order valence-electron chi connectivity index (χ1n) is 13.6. The summed E-state index contributed by atoms with van der Waals surface area (Å²) < 4.78 is 13.4. The summed E-state index contributed by atoms with van der Waals surface area (Å²) in [5, 5.41) is 13.6. The molecule has 0 radical (unpaired) electrons. The third kappa shape index (κ3) is 7.09. The number of hydrogen-bond donors (Lipinski definition) is 1. The van der Waals surface area contributed by atoms with Crippen LogP contribution in [0.3, 0.4) is 0 Å². The van der Waals surface area contributed by atoms with Crippen LogP contribution in [0.1, 0.15) is 62.3 Å². The van der Waals surface area contributed by atoms with Crippen molar-refractivity contribution in [2.75, 3.05) is 6.61 Å². The number of Topliss-reactive ketones (excluding diaryl/α,β-unsaturated/α-hetero) is 1. The SMILES string of the molecule is C[C@H](O[Si](C)(C)C(C)(C)C)C(=O)[C@H](C)[C@@H](O)[C@H](C)CO[Si](c1ccccc1)(c1ccccc1)C(C)(C)C. The molecule has 0 amide bonds. The molecule has 6 heteroatoms. The first-order valence-corrected chi connectivity index (χ1v) is 18.4. The van der Waals surface area contributed by atoms with Crippen molar-refractivity contribution in [3.8, 4) is 0 Å². The van der Waals surface area contributed by atoms with E-state index in [-0.39, 0.29) is 21.8 Å². The van der Waals surface area contributed by atoms with Crippen LogP contribution in [-0.2, 0) is 13.6 Å². The van der Waals surface area contributed by atoms with Crippen molar-refractivity contribution in [2.24, 2.45) is 11.8 Å². The van der Waals surface area contributed by atoms with E-state index >= 15 is 0 Å². The summed E-state index contributed by atoms with van der Waals surface area (Å²) in [6.07, 6.45) is -1.37. The van der Waals surface area contributed by atoms with Crippen LogP contribution in [0, 0.1) is 11.8 Å². The molecule has 1 N–H and O–H groups in total. The predicted octanol–water partition coefficient (Wildman–Crippen LogP) is 6.18. The molecule has 0 aliphatic heterocycles. The van der Waals surface area contributed by atoms with E-state index in [1.807, 2.05) is 32.9 Å². The van der Waals surface area contributed by atoms with Gasteiger partial charge in [0.05, 0.1) is 6.10 Å².